The lowest BCUT2D eigenvalue weighted by molar-refractivity contribution is 0.0984. The van der Waals surface area contributed by atoms with E-state index in [1.54, 1.807) is 12.3 Å². The fourth-order valence-corrected chi connectivity index (χ4v) is 2.78. The van der Waals surface area contributed by atoms with Gasteiger partial charge in [0.2, 0.25) is 0 Å². The number of nitrogens with one attached hydrogen (secondary N) is 1. The first-order chi connectivity index (χ1) is 10.1. The van der Waals surface area contributed by atoms with Gasteiger partial charge in [0.1, 0.15) is 23.9 Å². The maximum atomic E-state index is 13.1. The lowest BCUT2D eigenvalue weighted by Gasteiger charge is -2.09. The number of fused-ring (bicyclic) bond motifs is 1. The van der Waals surface area contributed by atoms with Crippen LogP contribution in [0.4, 0.5) is 14.6 Å². The quantitative estimate of drug-likeness (QED) is 0.924. The molecule has 7 heteroatoms. The van der Waals surface area contributed by atoms with E-state index in [1.165, 1.54) is 11.0 Å². The predicted molar refractivity (Wildman–Crippen MR) is 73.3 cm³/mol. The summed E-state index contributed by atoms with van der Waals surface area (Å²) in [7, 11) is 0. The van der Waals surface area contributed by atoms with Crippen LogP contribution in [0.25, 0.3) is 11.4 Å². The Balaban J connectivity index is 1.71. The molecule has 1 aliphatic carbocycles. The Morgan fingerprint density at radius 2 is 2.14 bits per heavy atom. The van der Waals surface area contributed by atoms with Crippen LogP contribution in [0.1, 0.15) is 30.9 Å². The average molecular weight is 291 g/mol. The van der Waals surface area contributed by atoms with Gasteiger partial charge in [-0.3, -0.25) is 4.68 Å². The molecule has 0 bridgehead atoms. The fraction of sp³-hybridized carbons (Fsp3) is 0.500. The Labute approximate surface area is 120 Å². The van der Waals surface area contributed by atoms with E-state index in [0.29, 0.717) is 5.69 Å². The molecule has 1 N–H and O–H groups in total. The number of anilines is 1. The predicted octanol–water partition coefficient (Wildman–Crippen LogP) is 2.67. The number of hydrogen-bond acceptors (Lipinski definition) is 4. The second-order valence-corrected chi connectivity index (χ2v) is 5.60. The lowest BCUT2D eigenvalue weighted by atomic mass is 10.1. The third-order valence-corrected chi connectivity index (χ3v) is 4.05. The molecule has 0 amide bonds. The first-order valence-electron chi connectivity index (χ1n) is 7.16. The Hall–Kier alpha value is -2.05. The minimum absolute atomic E-state index is 0.127. The van der Waals surface area contributed by atoms with E-state index in [2.05, 4.69) is 20.4 Å². The van der Waals surface area contributed by atoms with Crippen molar-refractivity contribution < 1.29 is 8.78 Å². The van der Waals surface area contributed by atoms with Crippen LogP contribution in [-0.4, -0.2) is 32.2 Å². The SMILES string of the molecule is FC1(F)CC1n1ccc(-c2ncnc3c2CCCCN3)n1. The third kappa shape index (κ3) is 2.16. The molecule has 3 heterocycles. The van der Waals surface area contributed by atoms with E-state index in [-0.39, 0.29) is 6.42 Å². The van der Waals surface area contributed by atoms with Gasteiger partial charge in [-0.15, -0.1) is 0 Å². The number of aromatic nitrogens is 4. The number of hydrogen-bond donors (Lipinski definition) is 1. The van der Waals surface area contributed by atoms with Crippen LogP contribution in [-0.2, 0) is 6.42 Å². The van der Waals surface area contributed by atoms with Gasteiger partial charge in [0.25, 0.3) is 5.92 Å². The van der Waals surface area contributed by atoms with Crippen LogP contribution in [0.2, 0.25) is 0 Å². The van der Waals surface area contributed by atoms with Gasteiger partial charge in [0.15, 0.2) is 0 Å². The van der Waals surface area contributed by atoms with Gasteiger partial charge in [-0.25, -0.2) is 18.7 Å². The summed E-state index contributed by atoms with van der Waals surface area (Å²) < 4.78 is 27.6. The molecule has 1 saturated carbocycles. The molecule has 110 valence electrons. The van der Waals surface area contributed by atoms with E-state index in [4.69, 9.17) is 0 Å². The second kappa shape index (κ2) is 4.47. The van der Waals surface area contributed by atoms with Crippen LogP contribution >= 0.6 is 0 Å². The van der Waals surface area contributed by atoms with Gasteiger partial charge in [0, 0.05) is 24.7 Å². The summed E-state index contributed by atoms with van der Waals surface area (Å²) in [5, 5.41) is 7.58. The molecule has 2 aliphatic rings. The van der Waals surface area contributed by atoms with Gasteiger partial charge >= 0.3 is 0 Å². The first-order valence-corrected chi connectivity index (χ1v) is 7.16. The topological polar surface area (TPSA) is 55.6 Å². The molecule has 1 unspecified atom stereocenters. The lowest BCUT2D eigenvalue weighted by Crippen LogP contribution is -2.05. The maximum Gasteiger partial charge on any atom is 0.272 e. The summed E-state index contributed by atoms with van der Waals surface area (Å²) in [6, 6.07) is 0.951. The summed E-state index contributed by atoms with van der Waals surface area (Å²) >= 11 is 0. The normalized spacial score (nSPS) is 23.0. The van der Waals surface area contributed by atoms with Crippen molar-refractivity contribution in [1.82, 2.24) is 19.7 Å². The molecular formula is C14H15F2N5. The van der Waals surface area contributed by atoms with Crippen LogP contribution in [0, 0.1) is 0 Å². The van der Waals surface area contributed by atoms with Crippen LogP contribution in [0.3, 0.4) is 0 Å². The van der Waals surface area contributed by atoms with E-state index >= 15 is 0 Å². The molecule has 0 saturated heterocycles. The average Bonchev–Trinajstić information content (AvgIpc) is 2.95. The van der Waals surface area contributed by atoms with Crippen molar-refractivity contribution in [2.24, 2.45) is 0 Å². The highest BCUT2D eigenvalue weighted by Gasteiger charge is 2.59. The third-order valence-electron chi connectivity index (χ3n) is 4.05. The first kappa shape index (κ1) is 12.7. The zero-order chi connectivity index (χ0) is 14.4. The largest absolute Gasteiger partial charge is 0.370 e. The van der Waals surface area contributed by atoms with Gasteiger partial charge in [-0.2, -0.15) is 5.10 Å². The summed E-state index contributed by atoms with van der Waals surface area (Å²) in [4.78, 5) is 8.58. The van der Waals surface area contributed by atoms with Crippen molar-refractivity contribution in [1.29, 1.82) is 0 Å². The Morgan fingerprint density at radius 1 is 1.29 bits per heavy atom. The molecule has 1 atom stereocenters. The molecule has 1 fully saturated rings. The smallest absolute Gasteiger partial charge is 0.272 e. The fourth-order valence-electron chi connectivity index (χ4n) is 2.78. The Bertz CT molecular complexity index is 682. The van der Waals surface area contributed by atoms with Crippen molar-refractivity contribution in [2.75, 3.05) is 11.9 Å². The van der Waals surface area contributed by atoms with E-state index in [9.17, 15) is 8.78 Å². The Morgan fingerprint density at radius 3 is 2.95 bits per heavy atom. The minimum atomic E-state index is -2.62. The summed E-state index contributed by atoms with van der Waals surface area (Å²) in [6.07, 6.45) is 6.00. The minimum Gasteiger partial charge on any atom is -0.370 e. The number of rotatable bonds is 2. The zero-order valence-corrected chi connectivity index (χ0v) is 11.4. The van der Waals surface area contributed by atoms with Crippen molar-refractivity contribution >= 4 is 5.82 Å². The summed E-state index contributed by atoms with van der Waals surface area (Å²) in [5.41, 5.74) is 2.42. The van der Waals surface area contributed by atoms with Crippen molar-refractivity contribution in [3.63, 3.8) is 0 Å². The number of halogens is 2. The van der Waals surface area contributed by atoms with E-state index < -0.39 is 12.0 Å². The van der Waals surface area contributed by atoms with Crippen LogP contribution in [0.15, 0.2) is 18.6 Å². The van der Waals surface area contributed by atoms with Crippen molar-refractivity contribution in [2.45, 2.75) is 37.6 Å². The molecule has 2 aromatic rings. The van der Waals surface area contributed by atoms with Gasteiger partial charge in [-0.1, -0.05) is 0 Å². The van der Waals surface area contributed by atoms with Crippen molar-refractivity contribution in [3.05, 3.63) is 24.2 Å². The van der Waals surface area contributed by atoms with E-state index in [0.717, 1.165) is 42.9 Å². The van der Waals surface area contributed by atoms with Gasteiger partial charge < -0.3 is 5.32 Å². The number of nitrogens with zero attached hydrogens (tertiary/aromatic N) is 4. The molecule has 0 aromatic carbocycles. The van der Waals surface area contributed by atoms with Crippen LogP contribution < -0.4 is 5.32 Å². The summed E-state index contributed by atoms with van der Waals surface area (Å²) in [6.45, 7) is 0.895. The highest BCUT2D eigenvalue weighted by Crippen LogP contribution is 2.52. The molecule has 1 aliphatic heterocycles. The monoisotopic (exact) mass is 291 g/mol. The highest BCUT2D eigenvalue weighted by molar-refractivity contribution is 5.65. The van der Waals surface area contributed by atoms with E-state index in [1.807, 2.05) is 0 Å². The molecule has 0 spiro atoms. The van der Waals surface area contributed by atoms with Crippen molar-refractivity contribution in [3.8, 4) is 11.4 Å². The van der Waals surface area contributed by atoms with Gasteiger partial charge in [0.05, 0.1) is 5.69 Å². The Kier molecular flexibility index (Phi) is 2.70. The maximum absolute atomic E-state index is 13.1. The zero-order valence-electron chi connectivity index (χ0n) is 11.4. The molecule has 4 rings (SSSR count). The standard InChI is InChI=1S/C14H15F2N5/c15-14(16)7-11(14)21-6-4-10(20-21)12-9-3-1-2-5-17-13(9)19-8-18-12/h4,6,8,11H,1-3,5,7H2,(H,17,18,19). The molecule has 2 aromatic heterocycles. The molecule has 5 nitrogen and oxygen atoms in total. The van der Waals surface area contributed by atoms with Crippen LogP contribution in [0.5, 0.6) is 0 Å². The second-order valence-electron chi connectivity index (χ2n) is 5.60. The summed E-state index contributed by atoms with van der Waals surface area (Å²) in [5.74, 6) is -1.78. The molecule has 0 radical (unpaired) electrons. The highest BCUT2D eigenvalue weighted by atomic mass is 19.3. The molecule has 21 heavy (non-hydrogen) atoms. The number of alkyl halides is 2. The van der Waals surface area contributed by atoms with Gasteiger partial charge in [-0.05, 0) is 25.3 Å². The molecular weight excluding hydrogens is 276 g/mol.